The number of fused-ring (bicyclic) bond motifs is 1. The zero-order chi connectivity index (χ0) is 24.6. The summed E-state index contributed by atoms with van der Waals surface area (Å²) in [5.41, 5.74) is 3.06. The van der Waals surface area contributed by atoms with Crippen LogP contribution in [0.3, 0.4) is 0 Å². The van der Waals surface area contributed by atoms with Gasteiger partial charge in [0, 0.05) is 16.1 Å². The fourth-order valence-electron chi connectivity index (χ4n) is 3.74. The van der Waals surface area contributed by atoms with Crippen molar-refractivity contribution in [3.8, 4) is 5.69 Å². The summed E-state index contributed by atoms with van der Waals surface area (Å²) in [5, 5.41) is 5.94. The molecule has 0 aliphatic carbocycles. The lowest BCUT2D eigenvalue weighted by Gasteiger charge is -2.04. The first-order valence-electron chi connectivity index (χ1n) is 10.5. The number of aryl methyl sites for hydroxylation is 2. The second-order valence-electron chi connectivity index (χ2n) is 7.65. The highest BCUT2D eigenvalue weighted by Gasteiger charge is 2.24. The molecule has 4 aromatic rings. The van der Waals surface area contributed by atoms with Crippen molar-refractivity contribution in [2.45, 2.75) is 27.7 Å². The number of carbonyl (C=O) groups excluding carboxylic acids is 3. The third-order valence-electron chi connectivity index (χ3n) is 5.33. The van der Waals surface area contributed by atoms with E-state index in [1.807, 2.05) is 19.1 Å². The second kappa shape index (κ2) is 9.44. The number of aromatic nitrogens is 3. The summed E-state index contributed by atoms with van der Waals surface area (Å²) in [6.45, 7) is 6.67. The number of rotatable bonds is 7. The minimum atomic E-state index is -0.613. The van der Waals surface area contributed by atoms with E-state index in [0.29, 0.717) is 26.7 Å². The number of Topliss-reactive ketones (excluding diaryl/α,β-unsaturated/α-hetero) is 1. The molecule has 1 aromatic carbocycles. The van der Waals surface area contributed by atoms with E-state index in [1.54, 1.807) is 43.7 Å². The number of nitrogens with zero attached hydrogens (tertiary/aromatic N) is 2. The molecule has 1 N–H and O–H groups in total. The minimum absolute atomic E-state index is 0.220. The minimum Gasteiger partial charge on any atom is -0.462 e. The second-order valence-corrected chi connectivity index (χ2v) is 9.12. The smallest absolute Gasteiger partial charge is 0.348 e. The van der Waals surface area contributed by atoms with Gasteiger partial charge < -0.3 is 14.5 Å². The quantitative estimate of drug-likeness (QED) is 0.276. The predicted octanol–water partition coefficient (Wildman–Crippen LogP) is 5.21. The summed E-state index contributed by atoms with van der Waals surface area (Å²) in [6, 6.07) is 8.97. The van der Waals surface area contributed by atoms with Crippen LogP contribution in [0.25, 0.3) is 15.9 Å². The summed E-state index contributed by atoms with van der Waals surface area (Å²) < 4.78 is 12.1. The van der Waals surface area contributed by atoms with Crippen LogP contribution in [0.4, 0.5) is 0 Å². The van der Waals surface area contributed by atoms with Gasteiger partial charge in [0.1, 0.15) is 9.71 Å². The van der Waals surface area contributed by atoms with Crippen molar-refractivity contribution >= 4 is 50.9 Å². The van der Waals surface area contributed by atoms with Crippen molar-refractivity contribution in [3.05, 3.63) is 68.4 Å². The van der Waals surface area contributed by atoms with E-state index in [-0.39, 0.29) is 12.3 Å². The van der Waals surface area contributed by atoms with Crippen LogP contribution in [-0.4, -0.2) is 45.7 Å². The molecule has 0 saturated heterocycles. The van der Waals surface area contributed by atoms with E-state index in [2.05, 4.69) is 10.1 Å². The Hall–Kier alpha value is -3.43. The van der Waals surface area contributed by atoms with Gasteiger partial charge in [0.05, 0.1) is 29.2 Å². The maximum Gasteiger partial charge on any atom is 0.348 e. The van der Waals surface area contributed by atoms with Gasteiger partial charge in [-0.1, -0.05) is 17.7 Å². The number of aromatic amines is 1. The lowest BCUT2D eigenvalue weighted by atomic mass is 10.1. The topological polar surface area (TPSA) is 103 Å². The maximum atomic E-state index is 12.7. The Labute approximate surface area is 204 Å². The zero-order valence-electron chi connectivity index (χ0n) is 19.0. The first kappa shape index (κ1) is 23.7. The Bertz CT molecular complexity index is 1430. The summed E-state index contributed by atoms with van der Waals surface area (Å²) >= 11 is 7.34. The summed E-state index contributed by atoms with van der Waals surface area (Å²) in [5.74, 6) is -1.55. The molecule has 0 unspecified atom stereocenters. The number of hydrogen-bond acceptors (Lipinski definition) is 7. The Balaban J connectivity index is 1.52. The van der Waals surface area contributed by atoms with Crippen molar-refractivity contribution in [1.82, 2.24) is 14.8 Å². The number of esters is 2. The van der Waals surface area contributed by atoms with E-state index in [1.165, 1.54) is 11.3 Å². The van der Waals surface area contributed by atoms with Crippen LogP contribution in [0.1, 0.15) is 54.4 Å². The van der Waals surface area contributed by atoms with E-state index in [0.717, 1.165) is 21.6 Å². The van der Waals surface area contributed by atoms with Gasteiger partial charge in [-0.15, -0.1) is 11.3 Å². The maximum absolute atomic E-state index is 12.7. The van der Waals surface area contributed by atoms with Crippen LogP contribution in [-0.2, 0) is 9.47 Å². The highest BCUT2D eigenvalue weighted by molar-refractivity contribution is 7.20. The monoisotopic (exact) mass is 499 g/mol. The molecular formula is C24H22ClN3O5S. The molecule has 3 aromatic heterocycles. The molecule has 8 nitrogen and oxygen atoms in total. The molecule has 0 saturated carbocycles. The van der Waals surface area contributed by atoms with Gasteiger partial charge in [0.2, 0.25) is 5.78 Å². The number of carbonyl (C=O) groups is 3. The number of H-pyrrole nitrogens is 1. The average Bonchev–Trinajstić information content (AvgIpc) is 3.45. The van der Waals surface area contributed by atoms with Gasteiger partial charge in [0.15, 0.2) is 6.61 Å². The van der Waals surface area contributed by atoms with Crippen LogP contribution in [0, 0.1) is 20.8 Å². The molecule has 4 rings (SSSR count). The molecule has 0 bridgehead atoms. The van der Waals surface area contributed by atoms with Gasteiger partial charge in [-0.2, -0.15) is 5.10 Å². The van der Waals surface area contributed by atoms with Crippen LogP contribution >= 0.6 is 22.9 Å². The zero-order valence-corrected chi connectivity index (χ0v) is 20.6. The lowest BCUT2D eigenvalue weighted by Crippen LogP contribution is -2.15. The number of nitrogens with one attached hydrogen (secondary N) is 1. The standard InChI is InChI=1S/C24H22ClN3O5S/c1-5-32-24(31)20-12(2)21(26-14(20)4)18(29)11-33-23(30)19-10-17-13(3)27-28(22(17)34-19)16-8-6-7-15(25)9-16/h6-10,26H,5,11H2,1-4H3. The summed E-state index contributed by atoms with van der Waals surface area (Å²) in [4.78, 5) is 41.6. The van der Waals surface area contributed by atoms with E-state index >= 15 is 0 Å². The SMILES string of the molecule is CCOC(=O)c1c(C)[nH]c(C(=O)COC(=O)c2cc3c(C)nn(-c4cccc(Cl)c4)c3s2)c1C. The van der Waals surface area contributed by atoms with Crippen molar-refractivity contribution < 1.29 is 23.9 Å². The predicted molar refractivity (Wildman–Crippen MR) is 130 cm³/mol. The molecular weight excluding hydrogens is 478 g/mol. The van der Waals surface area contributed by atoms with Gasteiger partial charge in [-0.25, -0.2) is 14.3 Å². The highest BCUT2D eigenvalue weighted by atomic mass is 35.5. The molecule has 0 spiro atoms. The molecule has 0 fully saturated rings. The van der Waals surface area contributed by atoms with Crippen molar-refractivity contribution in [2.24, 2.45) is 0 Å². The van der Waals surface area contributed by atoms with Crippen molar-refractivity contribution in [3.63, 3.8) is 0 Å². The van der Waals surface area contributed by atoms with Crippen molar-refractivity contribution in [2.75, 3.05) is 13.2 Å². The number of benzene rings is 1. The molecule has 0 atom stereocenters. The molecule has 176 valence electrons. The molecule has 0 amide bonds. The molecule has 0 radical (unpaired) electrons. The summed E-state index contributed by atoms with van der Waals surface area (Å²) in [6.07, 6.45) is 0. The fraction of sp³-hybridized carbons (Fsp3) is 0.250. The van der Waals surface area contributed by atoms with Gasteiger partial charge >= 0.3 is 11.9 Å². The lowest BCUT2D eigenvalue weighted by molar-refractivity contribution is 0.0477. The largest absolute Gasteiger partial charge is 0.462 e. The third-order valence-corrected chi connectivity index (χ3v) is 6.65. The Morgan fingerprint density at radius 3 is 2.59 bits per heavy atom. The van der Waals surface area contributed by atoms with Crippen molar-refractivity contribution in [1.29, 1.82) is 0 Å². The average molecular weight is 500 g/mol. The van der Waals surface area contributed by atoms with E-state index in [9.17, 15) is 14.4 Å². The molecule has 0 aliphatic rings. The van der Waals surface area contributed by atoms with Gasteiger partial charge in [0.25, 0.3) is 0 Å². The molecule has 3 heterocycles. The Morgan fingerprint density at radius 2 is 1.88 bits per heavy atom. The number of ether oxygens (including phenoxy) is 2. The normalized spacial score (nSPS) is 11.1. The van der Waals surface area contributed by atoms with Gasteiger partial charge in [-0.05, 0) is 57.5 Å². The Kier molecular flexibility index (Phi) is 6.58. The number of halogens is 1. The van der Waals surface area contributed by atoms with E-state index < -0.39 is 24.3 Å². The summed E-state index contributed by atoms with van der Waals surface area (Å²) in [7, 11) is 0. The first-order chi connectivity index (χ1) is 16.2. The molecule has 0 aliphatic heterocycles. The van der Waals surface area contributed by atoms with Crippen LogP contribution in [0.2, 0.25) is 5.02 Å². The van der Waals surface area contributed by atoms with Crippen LogP contribution in [0.15, 0.2) is 30.3 Å². The van der Waals surface area contributed by atoms with Crippen LogP contribution < -0.4 is 0 Å². The first-order valence-corrected chi connectivity index (χ1v) is 11.7. The highest BCUT2D eigenvalue weighted by Crippen LogP contribution is 2.31. The van der Waals surface area contributed by atoms with Crippen LogP contribution in [0.5, 0.6) is 0 Å². The number of ketones is 1. The third kappa shape index (κ3) is 4.36. The molecule has 10 heteroatoms. The van der Waals surface area contributed by atoms with E-state index in [4.69, 9.17) is 21.1 Å². The number of hydrogen-bond donors (Lipinski definition) is 1. The Morgan fingerprint density at radius 1 is 1.12 bits per heavy atom. The van der Waals surface area contributed by atoms with Gasteiger partial charge in [-0.3, -0.25) is 4.79 Å². The fourth-order valence-corrected chi connectivity index (χ4v) is 5.00. The number of thiophene rings is 1. The molecule has 34 heavy (non-hydrogen) atoms.